The van der Waals surface area contributed by atoms with E-state index in [4.69, 9.17) is 11.6 Å². The number of thiophene rings is 1. The van der Waals surface area contributed by atoms with Gasteiger partial charge in [0.15, 0.2) is 0 Å². The third-order valence-corrected chi connectivity index (χ3v) is 5.20. The minimum Gasteiger partial charge on any atom is -0.325 e. The van der Waals surface area contributed by atoms with Gasteiger partial charge in [0.25, 0.3) is 5.91 Å². The summed E-state index contributed by atoms with van der Waals surface area (Å²) >= 11 is 9.10. The van der Waals surface area contributed by atoms with Crippen molar-refractivity contribution in [3.63, 3.8) is 0 Å². The second kappa shape index (κ2) is 7.12. The van der Waals surface area contributed by atoms with Crippen LogP contribution in [-0.2, 0) is 4.79 Å². The summed E-state index contributed by atoms with van der Waals surface area (Å²) in [5.74, 6) is -0.519. The highest BCUT2D eigenvalue weighted by Crippen LogP contribution is 2.29. The van der Waals surface area contributed by atoms with Crippen LogP contribution in [0.15, 0.2) is 41.1 Å². The van der Waals surface area contributed by atoms with E-state index in [1.807, 2.05) is 17.5 Å². The Morgan fingerprint density at radius 1 is 1.17 bits per heavy atom. The van der Waals surface area contributed by atoms with Crippen molar-refractivity contribution in [2.45, 2.75) is 6.92 Å². The Morgan fingerprint density at radius 3 is 2.67 bits per heavy atom. The average Bonchev–Trinajstić information content (AvgIpc) is 3.19. The van der Waals surface area contributed by atoms with E-state index in [0.717, 1.165) is 9.88 Å². The molecule has 0 fully saturated rings. The Balaban J connectivity index is 1.73. The Hall–Kier alpha value is -2.22. The summed E-state index contributed by atoms with van der Waals surface area (Å²) in [6, 6.07) is 8.79. The van der Waals surface area contributed by atoms with E-state index in [9.17, 15) is 9.59 Å². The molecule has 2 heterocycles. The predicted molar refractivity (Wildman–Crippen MR) is 99.1 cm³/mol. The second-order valence-electron chi connectivity index (χ2n) is 4.85. The Morgan fingerprint density at radius 2 is 2.00 bits per heavy atom. The van der Waals surface area contributed by atoms with Crippen molar-refractivity contribution in [1.82, 2.24) is 4.98 Å². The SMILES string of the molecule is CC(=O)Nc1ccc(NC(=O)c2csc(-c3cccs3)n2)cc1Cl. The molecule has 8 heteroatoms. The number of thiazole rings is 1. The molecular formula is C16H12ClN3O2S2. The number of carbonyl (C=O) groups excluding carboxylic acids is 2. The summed E-state index contributed by atoms with van der Waals surface area (Å²) in [4.78, 5) is 28.7. The van der Waals surface area contributed by atoms with Gasteiger partial charge in [-0.2, -0.15) is 0 Å². The lowest BCUT2D eigenvalue weighted by atomic mass is 10.2. The highest BCUT2D eigenvalue weighted by atomic mass is 35.5. The summed E-state index contributed by atoms with van der Waals surface area (Å²) in [7, 11) is 0. The number of rotatable bonds is 4. The molecule has 0 saturated heterocycles. The van der Waals surface area contributed by atoms with Crippen molar-refractivity contribution in [3.05, 3.63) is 51.8 Å². The lowest BCUT2D eigenvalue weighted by Gasteiger charge is -2.08. The summed E-state index contributed by atoms with van der Waals surface area (Å²) < 4.78 is 0. The van der Waals surface area contributed by atoms with Crippen LogP contribution in [0.1, 0.15) is 17.4 Å². The molecule has 3 aromatic rings. The lowest BCUT2D eigenvalue weighted by molar-refractivity contribution is -0.114. The zero-order chi connectivity index (χ0) is 17.1. The topological polar surface area (TPSA) is 71.1 Å². The van der Waals surface area contributed by atoms with Crippen molar-refractivity contribution in [1.29, 1.82) is 0 Å². The van der Waals surface area contributed by atoms with E-state index in [0.29, 0.717) is 22.1 Å². The first-order chi connectivity index (χ1) is 11.5. The van der Waals surface area contributed by atoms with Crippen LogP contribution in [-0.4, -0.2) is 16.8 Å². The first-order valence-electron chi connectivity index (χ1n) is 6.91. The van der Waals surface area contributed by atoms with Gasteiger partial charge < -0.3 is 10.6 Å². The number of halogens is 1. The summed E-state index contributed by atoms with van der Waals surface area (Å²) in [5.41, 5.74) is 1.38. The summed E-state index contributed by atoms with van der Waals surface area (Å²) in [6.07, 6.45) is 0. The fourth-order valence-electron chi connectivity index (χ4n) is 1.97. The summed E-state index contributed by atoms with van der Waals surface area (Å²) in [6.45, 7) is 1.40. The molecule has 0 bridgehead atoms. The summed E-state index contributed by atoms with van der Waals surface area (Å²) in [5, 5.41) is 10.2. The number of hydrogen-bond acceptors (Lipinski definition) is 5. The first kappa shape index (κ1) is 16.6. The number of nitrogens with one attached hydrogen (secondary N) is 2. The van der Waals surface area contributed by atoms with Crippen LogP contribution in [0.25, 0.3) is 9.88 Å². The van der Waals surface area contributed by atoms with E-state index in [-0.39, 0.29) is 11.8 Å². The molecule has 2 aromatic heterocycles. The minimum absolute atomic E-state index is 0.211. The lowest BCUT2D eigenvalue weighted by Crippen LogP contribution is -2.12. The third kappa shape index (κ3) is 3.81. The molecule has 0 atom stereocenters. The van der Waals surface area contributed by atoms with Crippen molar-refractivity contribution < 1.29 is 9.59 Å². The molecule has 1 aromatic carbocycles. The molecule has 122 valence electrons. The zero-order valence-electron chi connectivity index (χ0n) is 12.5. The fourth-order valence-corrected chi connectivity index (χ4v) is 3.81. The molecule has 0 radical (unpaired) electrons. The molecule has 3 rings (SSSR count). The Labute approximate surface area is 151 Å². The molecule has 0 saturated carbocycles. The number of nitrogens with zero attached hydrogens (tertiary/aromatic N) is 1. The van der Waals surface area contributed by atoms with Gasteiger partial charge >= 0.3 is 0 Å². The van der Waals surface area contributed by atoms with Crippen LogP contribution in [0.3, 0.4) is 0 Å². The van der Waals surface area contributed by atoms with Crippen molar-refractivity contribution in [3.8, 4) is 9.88 Å². The molecule has 0 unspecified atom stereocenters. The van der Waals surface area contributed by atoms with E-state index in [1.165, 1.54) is 18.3 Å². The van der Waals surface area contributed by atoms with Crippen LogP contribution in [0.2, 0.25) is 5.02 Å². The van der Waals surface area contributed by atoms with Gasteiger partial charge in [-0.1, -0.05) is 17.7 Å². The van der Waals surface area contributed by atoms with Gasteiger partial charge in [0, 0.05) is 18.0 Å². The Kier molecular flexibility index (Phi) is 4.94. The van der Waals surface area contributed by atoms with Crippen LogP contribution in [0.4, 0.5) is 11.4 Å². The van der Waals surface area contributed by atoms with E-state index >= 15 is 0 Å². The molecule has 2 amide bonds. The average molecular weight is 378 g/mol. The largest absolute Gasteiger partial charge is 0.325 e. The van der Waals surface area contributed by atoms with Crippen molar-refractivity contribution in [2.24, 2.45) is 0 Å². The highest BCUT2D eigenvalue weighted by molar-refractivity contribution is 7.20. The maximum Gasteiger partial charge on any atom is 0.275 e. The maximum absolute atomic E-state index is 12.3. The fraction of sp³-hybridized carbons (Fsp3) is 0.0625. The number of benzene rings is 1. The Bertz CT molecular complexity index is 891. The third-order valence-electron chi connectivity index (χ3n) is 3.01. The predicted octanol–water partition coefficient (Wildman–Crippen LogP) is 4.74. The van der Waals surface area contributed by atoms with Crippen LogP contribution >= 0.6 is 34.3 Å². The van der Waals surface area contributed by atoms with Gasteiger partial charge in [0.05, 0.1) is 15.6 Å². The smallest absolute Gasteiger partial charge is 0.275 e. The monoisotopic (exact) mass is 377 g/mol. The van der Waals surface area contributed by atoms with Crippen molar-refractivity contribution >= 4 is 57.5 Å². The zero-order valence-corrected chi connectivity index (χ0v) is 14.9. The number of aromatic nitrogens is 1. The molecule has 5 nitrogen and oxygen atoms in total. The molecule has 24 heavy (non-hydrogen) atoms. The normalized spacial score (nSPS) is 10.4. The van der Waals surface area contributed by atoms with E-state index in [2.05, 4.69) is 15.6 Å². The van der Waals surface area contributed by atoms with Gasteiger partial charge in [-0.25, -0.2) is 4.98 Å². The molecule has 0 aliphatic carbocycles. The van der Waals surface area contributed by atoms with Gasteiger partial charge in [-0.15, -0.1) is 22.7 Å². The van der Waals surface area contributed by atoms with Crippen LogP contribution in [0, 0.1) is 0 Å². The minimum atomic E-state index is -0.308. The van der Waals surface area contributed by atoms with Gasteiger partial charge in [0.1, 0.15) is 10.7 Å². The van der Waals surface area contributed by atoms with Crippen molar-refractivity contribution in [2.75, 3.05) is 10.6 Å². The van der Waals surface area contributed by atoms with Crippen LogP contribution in [0.5, 0.6) is 0 Å². The van der Waals surface area contributed by atoms with Gasteiger partial charge in [-0.3, -0.25) is 9.59 Å². The first-order valence-corrected chi connectivity index (χ1v) is 9.04. The van der Waals surface area contributed by atoms with E-state index < -0.39 is 0 Å². The van der Waals surface area contributed by atoms with E-state index in [1.54, 1.807) is 34.9 Å². The number of carbonyl (C=O) groups is 2. The molecule has 0 aliphatic rings. The highest BCUT2D eigenvalue weighted by Gasteiger charge is 2.13. The van der Waals surface area contributed by atoms with Crippen LogP contribution < -0.4 is 10.6 Å². The number of anilines is 2. The molecular weight excluding hydrogens is 366 g/mol. The molecule has 0 aliphatic heterocycles. The number of amides is 2. The molecule has 0 spiro atoms. The molecule has 2 N–H and O–H groups in total. The van der Waals surface area contributed by atoms with Gasteiger partial charge in [0.2, 0.25) is 5.91 Å². The second-order valence-corrected chi connectivity index (χ2v) is 7.06. The standard InChI is InChI=1S/C16H12ClN3O2S2/c1-9(21)18-12-5-4-10(7-11(12)17)19-15(22)13-8-24-16(20-13)14-3-2-6-23-14/h2-8H,1H3,(H,18,21)(H,19,22). The quantitative estimate of drug-likeness (QED) is 0.690. The number of hydrogen-bond donors (Lipinski definition) is 2. The maximum atomic E-state index is 12.3. The van der Waals surface area contributed by atoms with Gasteiger partial charge in [-0.05, 0) is 29.6 Å².